The van der Waals surface area contributed by atoms with Crippen molar-refractivity contribution in [1.82, 2.24) is 15.5 Å². The molecule has 0 aromatic rings. The van der Waals surface area contributed by atoms with E-state index in [1.165, 1.54) is 0 Å². The van der Waals surface area contributed by atoms with Gasteiger partial charge in [-0.15, -0.1) is 0 Å². The van der Waals surface area contributed by atoms with Gasteiger partial charge in [-0.3, -0.25) is 9.69 Å². The van der Waals surface area contributed by atoms with E-state index in [0.717, 1.165) is 26.2 Å². The zero-order chi connectivity index (χ0) is 13.3. The Morgan fingerprint density at radius 2 is 1.94 bits per heavy atom. The largest absolute Gasteiger partial charge is 0.405 e. The highest BCUT2D eigenvalue weighted by molar-refractivity contribution is 5.81. The number of halogens is 3. The standard InChI is InChI=1S/C11H18F3N3O/c1-7(10(18)16-6-11(12,13)14)17-4-8-2-15-3-9(8)5-17/h7-9,15H,2-6H2,1H3,(H,16,18). The zero-order valence-electron chi connectivity index (χ0n) is 10.3. The summed E-state index contributed by atoms with van der Waals surface area (Å²) >= 11 is 0. The molecule has 0 aromatic heterocycles. The Kier molecular flexibility index (Phi) is 3.82. The van der Waals surface area contributed by atoms with E-state index < -0.39 is 24.7 Å². The molecule has 2 fully saturated rings. The summed E-state index contributed by atoms with van der Waals surface area (Å²) in [5.74, 6) is 0.519. The number of carbonyl (C=O) groups excluding carboxylic acids is 1. The van der Waals surface area contributed by atoms with Crippen molar-refractivity contribution in [1.29, 1.82) is 0 Å². The van der Waals surface area contributed by atoms with Gasteiger partial charge in [-0.1, -0.05) is 0 Å². The lowest BCUT2D eigenvalue weighted by Gasteiger charge is -2.24. The van der Waals surface area contributed by atoms with Gasteiger partial charge in [0.2, 0.25) is 5.91 Å². The van der Waals surface area contributed by atoms with Gasteiger partial charge in [-0.25, -0.2) is 0 Å². The average Bonchev–Trinajstić information content (AvgIpc) is 2.83. The summed E-state index contributed by atoms with van der Waals surface area (Å²) in [4.78, 5) is 13.6. The molecule has 2 aliphatic rings. The van der Waals surface area contributed by atoms with Gasteiger partial charge in [0.25, 0.3) is 0 Å². The lowest BCUT2D eigenvalue weighted by Crippen LogP contribution is -2.47. The number of amides is 1. The van der Waals surface area contributed by atoms with E-state index in [-0.39, 0.29) is 0 Å². The number of hydrogen-bond acceptors (Lipinski definition) is 3. The maximum absolute atomic E-state index is 12.0. The van der Waals surface area contributed by atoms with Gasteiger partial charge in [-0.2, -0.15) is 13.2 Å². The smallest absolute Gasteiger partial charge is 0.346 e. The van der Waals surface area contributed by atoms with Gasteiger partial charge in [0, 0.05) is 13.1 Å². The molecule has 18 heavy (non-hydrogen) atoms. The molecule has 3 unspecified atom stereocenters. The first kappa shape index (κ1) is 13.6. The Bertz CT molecular complexity index is 309. The summed E-state index contributed by atoms with van der Waals surface area (Å²) in [5, 5.41) is 5.23. The second-order valence-electron chi connectivity index (χ2n) is 5.14. The van der Waals surface area contributed by atoms with Gasteiger partial charge in [0.1, 0.15) is 6.54 Å². The number of rotatable bonds is 3. The third-order valence-corrected chi connectivity index (χ3v) is 3.81. The third kappa shape index (κ3) is 3.14. The Balaban J connectivity index is 1.81. The molecule has 2 heterocycles. The summed E-state index contributed by atoms with van der Waals surface area (Å²) < 4.78 is 36.0. The van der Waals surface area contributed by atoms with Crippen LogP contribution in [0.15, 0.2) is 0 Å². The summed E-state index contributed by atoms with van der Waals surface area (Å²) in [5.41, 5.74) is 0. The Morgan fingerprint density at radius 1 is 1.39 bits per heavy atom. The van der Waals surface area contributed by atoms with Gasteiger partial charge >= 0.3 is 6.18 Å². The van der Waals surface area contributed by atoms with Crippen molar-refractivity contribution in [2.24, 2.45) is 11.8 Å². The van der Waals surface area contributed by atoms with Crippen LogP contribution in [-0.2, 0) is 4.79 Å². The molecule has 0 radical (unpaired) electrons. The van der Waals surface area contributed by atoms with Crippen LogP contribution in [0.1, 0.15) is 6.92 Å². The minimum absolute atomic E-state index is 0.488. The number of carbonyl (C=O) groups is 1. The molecule has 0 aliphatic carbocycles. The van der Waals surface area contributed by atoms with E-state index in [1.807, 2.05) is 10.2 Å². The van der Waals surface area contributed by atoms with Crippen molar-refractivity contribution >= 4 is 5.91 Å². The molecule has 2 N–H and O–H groups in total. The van der Waals surface area contributed by atoms with Crippen LogP contribution < -0.4 is 10.6 Å². The van der Waals surface area contributed by atoms with E-state index in [4.69, 9.17) is 0 Å². The first-order valence-electron chi connectivity index (χ1n) is 6.16. The molecule has 104 valence electrons. The van der Waals surface area contributed by atoms with Crippen LogP contribution in [0.5, 0.6) is 0 Å². The molecule has 2 saturated heterocycles. The van der Waals surface area contributed by atoms with Crippen molar-refractivity contribution < 1.29 is 18.0 Å². The molecule has 4 nitrogen and oxygen atoms in total. The molecule has 1 amide bonds. The van der Waals surface area contributed by atoms with Crippen molar-refractivity contribution in [3.63, 3.8) is 0 Å². The highest BCUT2D eigenvalue weighted by atomic mass is 19.4. The van der Waals surface area contributed by atoms with Gasteiger partial charge in [0.15, 0.2) is 0 Å². The number of nitrogens with one attached hydrogen (secondary N) is 2. The fraction of sp³-hybridized carbons (Fsp3) is 0.909. The lowest BCUT2D eigenvalue weighted by atomic mass is 10.0. The maximum Gasteiger partial charge on any atom is 0.405 e. The fourth-order valence-corrected chi connectivity index (χ4v) is 2.71. The number of likely N-dealkylation sites (tertiary alicyclic amines) is 1. The first-order chi connectivity index (χ1) is 8.37. The van der Waals surface area contributed by atoms with E-state index in [2.05, 4.69) is 5.32 Å². The van der Waals surface area contributed by atoms with Crippen molar-refractivity contribution in [2.45, 2.75) is 19.1 Å². The minimum Gasteiger partial charge on any atom is -0.346 e. The number of hydrogen-bond donors (Lipinski definition) is 2. The monoisotopic (exact) mass is 265 g/mol. The normalized spacial score (nSPS) is 30.2. The van der Waals surface area contributed by atoms with Crippen LogP contribution in [0.3, 0.4) is 0 Å². The van der Waals surface area contributed by atoms with E-state index in [1.54, 1.807) is 6.92 Å². The van der Waals surface area contributed by atoms with Crippen LogP contribution in [0, 0.1) is 11.8 Å². The highest BCUT2D eigenvalue weighted by Gasteiger charge is 2.39. The highest BCUT2D eigenvalue weighted by Crippen LogP contribution is 2.27. The molecule has 0 spiro atoms. The second kappa shape index (κ2) is 5.05. The predicted octanol–water partition coefficient (Wildman–Crippen LogP) is 0.205. The lowest BCUT2D eigenvalue weighted by molar-refractivity contribution is -0.141. The van der Waals surface area contributed by atoms with Crippen LogP contribution >= 0.6 is 0 Å². The number of nitrogens with zero attached hydrogens (tertiary/aromatic N) is 1. The van der Waals surface area contributed by atoms with Gasteiger partial charge < -0.3 is 10.6 Å². The van der Waals surface area contributed by atoms with Crippen LogP contribution in [0.4, 0.5) is 13.2 Å². The topological polar surface area (TPSA) is 44.4 Å². The molecule has 2 rings (SSSR count). The van der Waals surface area contributed by atoms with E-state index in [9.17, 15) is 18.0 Å². The maximum atomic E-state index is 12.0. The zero-order valence-corrected chi connectivity index (χ0v) is 10.3. The Morgan fingerprint density at radius 3 is 2.44 bits per heavy atom. The third-order valence-electron chi connectivity index (χ3n) is 3.81. The molecule has 2 aliphatic heterocycles. The summed E-state index contributed by atoms with van der Waals surface area (Å²) in [7, 11) is 0. The minimum atomic E-state index is -4.35. The molecule has 0 bridgehead atoms. The Labute approximate surface area is 104 Å². The van der Waals surface area contributed by atoms with Gasteiger partial charge in [0.05, 0.1) is 6.04 Å². The van der Waals surface area contributed by atoms with Crippen LogP contribution in [-0.4, -0.2) is 55.7 Å². The molecule has 7 heteroatoms. The first-order valence-corrected chi connectivity index (χ1v) is 6.16. The summed E-state index contributed by atoms with van der Waals surface area (Å²) in [6.07, 6.45) is -4.35. The molecular weight excluding hydrogens is 247 g/mol. The van der Waals surface area contributed by atoms with Crippen LogP contribution in [0.2, 0.25) is 0 Å². The molecule has 0 saturated carbocycles. The van der Waals surface area contributed by atoms with Gasteiger partial charge in [-0.05, 0) is 31.8 Å². The average molecular weight is 265 g/mol. The van der Waals surface area contributed by atoms with E-state index in [0.29, 0.717) is 11.8 Å². The van der Waals surface area contributed by atoms with Crippen molar-refractivity contribution in [3.05, 3.63) is 0 Å². The summed E-state index contributed by atoms with van der Waals surface area (Å²) in [6.45, 7) is 3.88. The quantitative estimate of drug-likeness (QED) is 0.766. The Hall–Kier alpha value is -0.820. The van der Waals surface area contributed by atoms with Crippen molar-refractivity contribution in [3.8, 4) is 0 Å². The second-order valence-corrected chi connectivity index (χ2v) is 5.14. The van der Waals surface area contributed by atoms with E-state index >= 15 is 0 Å². The molecule has 3 atom stereocenters. The fourth-order valence-electron chi connectivity index (χ4n) is 2.71. The number of fused-ring (bicyclic) bond motifs is 1. The van der Waals surface area contributed by atoms with Crippen molar-refractivity contribution in [2.75, 3.05) is 32.7 Å². The molecule has 0 aromatic carbocycles. The summed E-state index contributed by atoms with van der Waals surface area (Å²) in [6, 6.07) is -0.488. The number of alkyl halides is 3. The predicted molar refractivity (Wildman–Crippen MR) is 59.9 cm³/mol. The molecular formula is C11H18F3N3O. The SMILES string of the molecule is CC(C(=O)NCC(F)(F)F)N1CC2CNCC2C1. The van der Waals surface area contributed by atoms with Crippen LogP contribution in [0.25, 0.3) is 0 Å².